The molecule has 0 saturated heterocycles. The van der Waals surface area contributed by atoms with Crippen LogP contribution in [0.25, 0.3) is 0 Å². The Morgan fingerprint density at radius 1 is 0.892 bits per heavy atom. The van der Waals surface area contributed by atoms with Crippen LogP contribution < -0.4 is 4.74 Å². The van der Waals surface area contributed by atoms with E-state index in [0.717, 1.165) is 61.0 Å². The van der Waals surface area contributed by atoms with Gasteiger partial charge in [-0.25, -0.2) is 4.79 Å². The molecule has 4 nitrogen and oxygen atoms in total. The summed E-state index contributed by atoms with van der Waals surface area (Å²) in [6.45, 7) is 3.19. The number of rotatable bonds is 10. The van der Waals surface area contributed by atoms with Gasteiger partial charge in [-0.05, 0) is 73.1 Å². The number of amides is 1. The van der Waals surface area contributed by atoms with Gasteiger partial charge in [-0.3, -0.25) is 4.90 Å². The molecule has 0 bridgehead atoms. The lowest BCUT2D eigenvalue weighted by molar-refractivity contribution is -0.143. The maximum Gasteiger partial charge on any atom is 0.416 e. The van der Waals surface area contributed by atoms with Crippen molar-refractivity contribution in [1.82, 2.24) is 4.90 Å². The minimum absolute atomic E-state index is 0.0304. The molecular formula is C27H31F6NO3. The average molecular weight is 532 g/mol. The van der Waals surface area contributed by atoms with Crippen LogP contribution in [0.3, 0.4) is 0 Å². The number of hydrogen-bond donors (Lipinski definition) is 1. The summed E-state index contributed by atoms with van der Waals surface area (Å²) in [7, 11) is 0. The first-order valence-electron chi connectivity index (χ1n) is 12.4. The van der Waals surface area contributed by atoms with Crippen molar-refractivity contribution in [1.29, 1.82) is 0 Å². The molecule has 0 fully saturated rings. The molecule has 0 atom stereocenters. The van der Waals surface area contributed by atoms with Crippen molar-refractivity contribution in [2.45, 2.75) is 90.3 Å². The van der Waals surface area contributed by atoms with Crippen molar-refractivity contribution in [3.8, 4) is 5.75 Å². The molecule has 1 aliphatic rings. The lowest BCUT2D eigenvalue weighted by Crippen LogP contribution is -2.29. The van der Waals surface area contributed by atoms with E-state index in [4.69, 9.17) is 4.74 Å². The van der Waals surface area contributed by atoms with Gasteiger partial charge in [0.15, 0.2) is 0 Å². The number of ether oxygens (including phenoxy) is 1. The van der Waals surface area contributed by atoms with E-state index in [1.54, 1.807) is 0 Å². The molecule has 3 rings (SSSR count). The van der Waals surface area contributed by atoms with Gasteiger partial charge < -0.3 is 9.84 Å². The van der Waals surface area contributed by atoms with Gasteiger partial charge in [0.1, 0.15) is 5.75 Å². The van der Waals surface area contributed by atoms with Crippen LogP contribution in [0.15, 0.2) is 30.3 Å². The SMILES string of the molecule is CCCC(CCC)Oc1cc2c(cc1CN(Cc1cc(C(F)(F)F)cc(C(F)(F)F)c1)C(=O)O)CCC2. The maximum atomic E-state index is 13.3. The summed E-state index contributed by atoms with van der Waals surface area (Å²) >= 11 is 0. The Balaban J connectivity index is 1.96. The molecule has 0 aromatic heterocycles. The normalized spacial score (nSPS) is 13.6. The van der Waals surface area contributed by atoms with Crippen LogP contribution in [0.1, 0.15) is 79.3 Å². The van der Waals surface area contributed by atoms with Gasteiger partial charge in [0.25, 0.3) is 0 Å². The Labute approximate surface area is 212 Å². The minimum atomic E-state index is -5.02. The van der Waals surface area contributed by atoms with E-state index in [0.29, 0.717) is 23.4 Å². The molecule has 204 valence electrons. The van der Waals surface area contributed by atoms with Crippen LogP contribution >= 0.6 is 0 Å². The Hall–Kier alpha value is -2.91. The Morgan fingerprint density at radius 2 is 1.43 bits per heavy atom. The van der Waals surface area contributed by atoms with Crippen molar-refractivity contribution >= 4 is 6.09 Å². The summed E-state index contributed by atoms with van der Waals surface area (Å²) in [6, 6.07) is 4.91. The molecule has 2 aromatic rings. The lowest BCUT2D eigenvalue weighted by atomic mass is 10.0. The van der Waals surface area contributed by atoms with Crippen molar-refractivity contribution in [3.63, 3.8) is 0 Å². The van der Waals surface area contributed by atoms with Gasteiger partial charge in [0, 0.05) is 12.1 Å². The van der Waals surface area contributed by atoms with Crippen LogP contribution in [-0.4, -0.2) is 22.2 Å². The first-order chi connectivity index (χ1) is 17.3. The zero-order valence-corrected chi connectivity index (χ0v) is 20.8. The third-order valence-electron chi connectivity index (χ3n) is 6.44. The molecule has 0 saturated carbocycles. The number of nitrogens with zero attached hydrogens (tertiary/aromatic N) is 1. The maximum absolute atomic E-state index is 13.3. The lowest BCUT2D eigenvalue weighted by Gasteiger charge is -2.25. The number of fused-ring (bicyclic) bond motifs is 1. The Bertz CT molecular complexity index is 1060. The zero-order valence-electron chi connectivity index (χ0n) is 20.8. The van der Waals surface area contributed by atoms with Gasteiger partial charge >= 0.3 is 18.4 Å². The first-order valence-corrected chi connectivity index (χ1v) is 12.4. The molecule has 1 amide bonds. The third-order valence-corrected chi connectivity index (χ3v) is 6.44. The summed E-state index contributed by atoms with van der Waals surface area (Å²) in [6.07, 6.45) is -5.56. The summed E-state index contributed by atoms with van der Waals surface area (Å²) in [5.74, 6) is 0.513. The van der Waals surface area contributed by atoms with Gasteiger partial charge in [0.2, 0.25) is 0 Å². The van der Waals surface area contributed by atoms with Crippen LogP contribution in [0.2, 0.25) is 0 Å². The number of alkyl halides is 6. The molecule has 0 radical (unpaired) electrons. The van der Waals surface area contributed by atoms with Gasteiger partial charge in [0.05, 0.1) is 23.8 Å². The van der Waals surface area contributed by atoms with E-state index >= 15 is 0 Å². The van der Waals surface area contributed by atoms with Crippen molar-refractivity contribution in [2.24, 2.45) is 0 Å². The fourth-order valence-corrected chi connectivity index (χ4v) is 4.70. The first kappa shape index (κ1) is 28.7. The molecule has 10 heteroatoms. The highest BCUT2D eigenvalue weighted by Crippen LogP contribution is 2.37. The van der Waals surface area contributed by atoms with Crippen molar-refractivity contribution < 1.29 is 41.0 Å². The molecule has 1 aliphatic carbocycles. The Morgan fingerprint density at radius 3 is 1.92 bits per heavy atom. The molecule has 0 unspecified atom stereocenters. The number of halogens is 6. The molecule has 0 heterocycles. The number of carbonyl (C=O) groups is 1. The van der Waals surface area contributed by atoms with Crippen LogP contribution in [0.5, 0.6) is 5.75 Å². The van der Waals surface area contributed by atoms with Crippen LogP contribution in [-0.2, 0) is 38.3 Å². The molecule has 0 aliphatic heterocycles. The molecule has 37 heavy (non-hydrogen) atoms. The number of aryl methyl sites for hydroxylation is 2. The van der Waals surface area contributed by atoms with E-state index < -0.39 is 41.7 Å². The molecule has 2 aromatic carbocycles. The number of benzene rings is 2. The van der Waals surface area contributed by atoms with Gasteiger partial charge in [-0.2, -0.15) is 26.3 Å². The smallest absolute Gasteiger partial charge is 0.416 e. The summed E-state index contributed by atoms with van der Waals surface area (Å²) < 4.78 is 86.0. The predicted molar refractivity (Wildman–Crippen MR) is 126 cm³/mol. The summed E-state index contributed by atoms with van der Waals surface area (Å²) in [5, 5.41) is 9.83. The van der Waals surface area contributed by atoms with Crippen LogP contribution in [0, 0.1) is 0 Å². The van der Waals surface area contributed by atoms with Crippen molar-refractivity contribution in [3.05, 3.63) is 63.7 Å². The van der Waals surface area contributed by atoms with Gasteiger partial charge in [-0.15, -0.1) is 0 Å². The van der Waals surface area contributed by atoms with E-state index in [2.05, 4.69) is 0 Å². The number of hydrogen-bond acceptors (Lipinski definition) is 2. The monoisotopic (exact) mass is 531 g/mol. The third kappa shape index (κ3) is 7.55. The Kier molecular flexibility index (Phi) is 9.02. The highest BCUT2D eigenvalue weighted by Gasteiger charge is 2.37. The zero-order chi connectivity index (χ0) is 27.4. The highest BCUT2D eigenvalue weighted by molar-refractivity contribution is 5.65. The molecular weight excluding hydrogens is 500 g/mol. The second kappa shape index (κ2) is 11.6. The van der Waals surface area contributed by atoms with E-state index in [1.807, 2.05) is 26.0 Å². The highest BCUT2D eigenvalue weighted by atomic mass is 19.4. The molecule has 1 N–H and O–H groups in total. The molecule has 0 spiro atoms. The van der Waals surface area contributed by atoms with E-state index in [-0.39, 0.29) is 18.7 Å². The number of carboxylic acid groups (broad SMARTS) is 1. The predicted octanol–water partition coefficient (Wildman–Crippen LogP) is 8.24. The fraction of sp³-hybridized carbons (Fsp3) is 0.519. The standard InChI is InChI=1S/C27H31F6NO3/c1-3-6-23(7-4-2)37-24-13-19-9-5-8-18(19)12-20(24)16-34(25(35)36)15-17-10-21(26(28,29)30)14-22(11-17)27(31,32)33/h10-14,23H,3-9,15-16H2,1-2H3,(H,35,36). The van der Waals surface area contributed by atoms with Crippen molar-refractivity contribution in [2.75, 3.05) is 0 Å². The summed E-state index contributed by atoms with van der Waals surface area (Å²) in [4.78, 5) is 12.9. The minimum Gasteiger partial charge on any atom is -0.490 e. The fourth-order valence-electron chi connectivity index (χ4n) is 4.70. The summed E-state index contributed by atoms with van der Waals surface area (Å²) in [5.41, 5.74) is -0.655. The van der Waals surface area contributed by atoms with Crippen LogP contribution in [0.4, 0.5) is 31.1 Å². The quantitative estimate of drug-likeness (QED) is 0.314. The second-order valence-corrected chi connectivity index (χ2v) is 9.45. The second-order valence-electron chi connectivity index (χ2n) is 9.45. The van der Waals surface area contributed by atoms with Gasteiger partial charge in [-0.1, -0.05) is 32.8 Å². The average Bonchev–Trinajstić information content (AvgIpc) is 3.25. The topological polar surface area (TPSA) is 49.8 Å². The van der Waals surface area contributed by atoms with E-state index in [9.17, 15) is 36.2 Å². The largest absolute Gasteiger partial charge is 0.490 e. The van der Waals surface area contributed by atoms with E-state index in [1.165, 1.54) is 0 Å².